The summed E-state index contributed by atoms with van der Waals surface area (Å²) in [6.07, 6.45) is -0.776. The highest BCUT2D eigenvalue weighted by Crippen LogP contribution is 2.30. The van der Waals surface area contributed by atoms with Crippen molar-refractivity contribution in [3.05, 3.63) is 24.3 Å². The van der Waals surface area contributed by atoms with Crippen LogP contribution in [-0.2, 0) is 9.59 Å². The van der Waals surface area contributed by atoms with Gasteiger partial charge in [-0.25, -0.2) is 0 Å². The third-order valence-corrected chi connectivity index (χ3v) is 2.59. The van der Waals surface area contributed by atoms with E-state index in [2.05, 4.69) is 5.32 Å². The molecule has 18 heavy (non-hydrogen) atoms. The molecular formula is C12H14N2O4. The predicted molar refractivity (Wildman–Crippen MR) is 63.2 cm³/mol. The second-order valence-electron chi connectivity index (χ2n) is 4.00. The van der Waals surface area contributed by atoms with Gasteiger partial charge in [0, 0.05) is 0 Å². The molecule has 2 unspecified atom stereocenters. The van der Waals surface area contributed by atoms with E-state index >= 15 is 0 Å². The van der Waals surface area contributed by atoms with Crippen LogP contribution in [0.25, 0.3) is 0 Å². The summed E-state index contributed by atoms with van der Waals surface area (Å²) in [4.78, 5) is 22.7. The van der Waals surface area contributed by atoms with Crippen LogP contribution < -0.4 is 20.5 Å². The molecule has 1 aliphatic heterocycles. The van der Waals surface area contributed by atoms with Gasteiger partial charge in [0.25, 0.3) is 5.91 Å². The van der Waals surface area contributed by atoms with Crippen LogP contribution in [0.15, 0.2) is 24.3 Å². The summed E-state index contributed by atoms with van der Waals surface area (Å²) in [5, 5.41) is 2.46. The zero-order chi connectivity index (χ0) is 13.1. The van der Waals surface area contributed by atoms with Gasteiger partial charge in [-0.2, -0.15) is 0 Å². The quantitative estimate of drug-likeness (QED) is 0.778. The van der Waals surface area contributed by atoms with Crippen molar-refractivity contribution in [2.24, 2.45) is 5.73 Å². The van der Waals surface area contributed by atoms with E-state index in [1.165, 1.54) is 6.92 Å². The molecule has 1 aliphatic rings. The second-order valence-corrected chi connectivity index (χ2v) is 4.00. The number of fused-ring (bicyclic) bond motifs is 1. The predicted octanol–water partition coefficient (Wildman–Crippen LogP) is -0.184. The largest absolute Gasteiger partial charge is 0.485 e. The van der Waals surface area contributed by atoms with Gasteiger partial charge in [-0.1, -0.05) is 12.1 Å². The fraction of sp³-hybridized carbons (Fsp3) is 0.333. The molecule has 0 spiro atoms. The number of nitrogens with two attached hydrogens (primary N) is 1. The number of hydrogen-bond donors (Lipinski definition) is 2. The molecule has 1 aromatic carbocycles. The molecule has 6 heteroatoms. The van der Waals surface area contributed by atoms with E-state index in [1.54, 1.807) is 18.2 Å². The summed E-state index contributed by atoms with van der Waals surface area (Å²) in [7, 11) is 0. The van der Waals surface area contributed by atoms with E-state index in [-0.39, 0.29) is 6.61 Å². The summed E-state index contributed by atoms with van der Waals surface area (Å²) in [5.41, 5.74) is 5.06. The molecule has 3 N–H and O–H groups in total. The Bertz CT molecular complexity index is 475. The first kappa shape index (κ1) is 12.2. The number of amides is 2. The summed E-state index contributed by atoms with van der Waals surface area (Å²) >= 11 is 0. The molecule has 0 radical (unpaired) electrons. The van der Waals surface area contributed by atoms with Crippen LogP contribution in [-0.4, -0.2) is 30.6 Å². The van der Waals surface area contributed by atoms with E-state index in [0.717, 1.165) is 0 Å². The van der Waals surface area contributed by atoms with Crippen molar-refractivity contribution in [2.45, 2.75) is 19.1 Å². The minimum Gasteiger partial charge on any atom is -0.485 e. The normalized spacial score (nSPS) is 18.8. The Morgan fingerprint density at radius 2 is 2.06 bits per heavy atom. The first-order valence-corrected chi connectivity index (χ1v) is 5.56. The Labute approximate surface area is 104 Å². The Balaban J connectivity index is 2.00. The van der Waals surface area contributed by atoms with Gasteiger partial charge in [0.15, 0.2) is 11.5 Å². The highest BCUT2D eigenvalue weighted by molar-refractivity contribution is 5.88. The van der Waals surface area contributed by atoms with E-state index < -0.39 is 24.0 Å². The summed E-state index contributed by atoms with van der Waals surface area (Å²) in [5.74, 6) is 0.0939. The number of nitrogens with one attached hydrogen (secondary N) is 1. The lowest BCUT2D eigenvalue weighted by Crippen LogP contribution is -2.50. The van der Waals surface area contributed by atoms with Crippen molar-refractivity contribution in [1.82, 2.24) is 5.32 Å². The molecule has 0 saturated heterocycles. The SMILES string of the molecule is CC(NC(=O)C1COc2ccccc2O1)C(N)=O. The van der Waals surface area contributed by atoms with Crippen LogP contribution in [0.5, 0.6) is 11.5 Å². The van der Waals surface area contributed by atoms with Gasteiger partial charge in [0.2, 0.25) is 12.0 Å². The van der Waals surface area contributed by atoms with E-state index in [0.29, 0.717) is 11.5 Å². The van der Waals surface area contributed by atoms with Crippen LogP contribution in [0.3, 0.4) is 0 Å². The van der Waals surface area contributed by atoms with Gasteiger partial charge in [0.05, 0.1) is 0 Å². The van der Waals surface area contributed by atoms with Crippen molar-refractivity contribution in [3.8, 4) is 11.5 Å². The van der Waals surface area contributed by atoms with Gasteiger partial charge in [-0.3, -0.25) is 9.59 Å². The Morgan fingerprint density at radius 3 is 2.72 bits per heavy atom. The number of rotatable bonds is 3. The van der Waals surface area contributed by atoms with Gasteiger partial charge >= 0.3 is 0 Å². The van der Waals surface area contributed by atoms with Crippen LogP contribution >= 0.6 is 0 Å². The van der Waals surface area contributed by atoms with Gasteiger partial charge in [-0.05, 0) is 19.1 Å². The van der Waals surface area contributed by atoms with E-state index in [9.17, 15) is 9.59 Å². The average Bonchev–Trinajstić information content (AvgIpc) is 2.37. The van der Waals surface area contributed by atoms with Crippen molar-refractivity contribution in [1.29, 1.82) is 0 Å². The molecule has 6 nitrogen and oxygen atoms in total. The highest BCUT2D eigenvalue weighted by atomic mass is 16.6. The molecule has 2 atom stereocenters. The highest BCUT2D eigenvalue weighted by Gasteiger charge is 2.28. The van der Waals surface area contributed by atoms with Crippen molar-refractivity contribution < 1.29 is 19.1 Å². The molecule has 1 heterocycles. The fourth-order valence-corrected chi connectivity index (χ4v) is 1.53. The monoisotopic (exact) mass is 250 g/mol. The molecule has 2 amide bonds. The maximum absolute atomic E-state index is 11.8. The minimum atomic E-state index is -0.776. The summed E-state index contributed by atoms with van der Waals surface area (Å²) < 4.78 is 10.9. The second kappa shape index (κ2) is 4.95. The fourth-order valence-electron chi connectivity index (χ4n) is 1.53. The molecule has 0 bridgehead atoms. The van der Waals surface area contributed by atoms with Crippen LogP contribution in [0, 0.1) is 0 Å². The first-order valence-electron chi connectivity index (χ1n) is 5.56. The van der Waals surface area contributed by atoms with Crippen molar-refractivity contribution in [3.63, 3.8) is 0 Å². The zero-order valence-corrected chi connectivity index (χ0v) is 9.88. The number of carbonyl (C=O) groups is 2. The molecule has 0 saturated carbocycles. The lowest BCUT2D eigenvalue weighted by Gasteiger charge is -2.26. The Hall–Kier alpha value is -2.24. The standard InChI is InChI=1S/C12H14N2O4/c1-7(11(13)15)14-12(16)10-6-17-8-4-2-3-5-9(8)18-10/h2-5,7,10H,6H2,1H3,(H2,13,15)(H,14,16). The maximum Gasteiger partial charge on any atom is 0.265 e. The van der Waals surface area contributed by atoms with Crippen LogP contribution in [0.1, 0.15) is 6.92 Å². The number of para-hydroxylation sites is 2. The lowest BCUT2D eigenvalue weighted by molar-refractivity contribution is -0.133. The average molecular weight is 250 g/mol. The lowest BCUT2D eigenvalue weighted by atomic mass is 10.2. The number of ether oxygens (including phenoxy) is 2. The minimum absolute atomic E-state index is 0.105. The van der Waals surface area contributed by atoms with Crippen LogP contribution in [0.4, 0.5) is 0 Å². The number of benzene rings is 1. The molecule has 0 aliphatic carbocycles. The molecule has 0 fully saturated rings. The maximum atomic E-state index is 11.8. The molecule has 0 aromatic heterocycles. The number of carbonyl (C=O) groups excluding carboxylic acids is 2. The van der Waals surface area contributed by atoms with Gasteiger partial charge in [-0.15, -0.1) is 0 Å². The topological polar surface area (TPSA) is 90.7 Å². The zero-order valence-electron chi connectivity index (χ0n) is 9.88. The van der Waals surface area contributed by atoms with E-state index in [1.807, 2.05) is 6.07 Å². The Kier molecular flexibility index (Phi) is 3.36. The number of primary amides is 1. The first-order chi connectivity index (χ1) is 8.58. The third-order valence-electron chi connectivity index (χ3n) is 2.59. The smallest absolute Gasteiger partial charge is 0.265 e. The molecule has 96 valence electrons. The van der Waals surface area contributed by atoms with Crippen molar-refractivity contribution in [2.75, 3.05) is 6.61 Å². The van der Waals surface area contributed by atoms with Gasteiger partial charge in [0.1, 0.15) is 12.6 Å². The van der Waals surface area contributed by atoms with E-state index in [4.69, 9.17) is 15.2 Å². The van der Waals surface area contributed by atoms with Gasteiger partial charge < -0.3 is 20.5 Å². The molecular weight excluding hydrogens is 236 g/mol. The molecule has 2 rings (SSSR count). The summed E-state index contributed by atoms with van der Waals surface area (Å²) in [6, 6.07) is 6.34. The third kappa shape index (κ3) is 2.53. The Morgan fingerprint density at radius 1 is 1.39 bits per heavy atom. The molecule has 1 aromatic rings. The summed E-state index contributed by atoms with van der Waals surface area (Å²) in [6.45, 7) is 1.62. The van der Waals surface area contributed by atoms with Crippen molar-refractivity contribution >= 4 is 11.8 Å². The number of hydrogen-bond acceptors (Lipinski definition) is 4. The van der Waals surface area contributed by atoms with Crippen LogP contribution in [0.2, 0.25) is 0 Å².